The fraction of sp³-hybridized carbons (Fsp3) is 0.407. The molecule has 38 heavy (non-hydrogen) atoms. The Balaban J connectivity index is 0.00000107. The van der Waals surface area contributed by atoms with Gasteiger partial charge in [0.05, 0.1) is 24.7 Å². The molecule has 2 aliphatic rings. The SMILES string of the molecule is CC(C)(C)c1cc2cc(NC(=O)C3(c4ccc5c(c4)OC(F)(P)O5)CC3)ccc2n1CC(O)CO.O=CO. The van der Waals surface area contributed by atoms with Gasteiger partial charge < -0.3 is 34.7 Å². The van der Waals surface area contributed by atoms with Crippen molar-refractivity contribution < 1.29 is 38.8 Å². The third-order valence-electron chi connectivity index (χ3n) is 6.71. The highest BCUT2D eigenvalue weighted by atomic mass is 31.0. The van der Waals surface area contributed by atoms with Crippen molar-refractivity contribution in [3.63, 3.8) is 0 Å². The molecule has 2 aromatic carbocycles. The molecule has 0 spiro atoms. The third-order valence-corrected chi connectivity index (χ3v) is 6.95. The van der Waals surface area contributed by atoms with E-state index in [0.717, 1.165) is 22.2 Å². The van der Waals surface area contributed by atoms with Crippen molar-refractivity contribution >= 4 is 38.2 Å². The maximum Gasteiger partial charge on any atom is 0.418 e. The van der Waals surface area contributed by atoms with E-state index in [-0.39, 0.29) is 36.7 Å². The van der Waals surface area contributed by atoms with Gasteiger partial charge in [0.25, 0.3) is 6.47 Å². The first-order valence-electron chi connectivity index (χ1n) is 12.2. The zero-order chi connectivity index (χ0) is 27.9. The average Bonchev–Trinajstić information content (AvgIpc) is 3.48. The van der Waals surface area contributed by atoms with Crippen LogP contribution in [-0.2, 0) is 27.0 Å². The van der Waals surface area contributed by atoms with Gasteiger partial charge in [-0.2, -0.15) is 4.39 Å². The second kappa shape index (κ2) is 10.2. The molecule has 1 aromatic heterocycles. The van der Waals surface area contributed by atoms with Gasteiger partial charge >= 0.3 is 5.78 Å². The van der Waals surface area contributed by atoms with Gasteiger partial charge in [0.15, 0.2) is 11.5 Å². The standard InChI is InChI=1S/C26H30FN2O5P.CH2O2/c1-24(2,3)22-11-15-10-17(5-6-19(15)29(22)13-18(31)14-30)28-23(32)25(8-9-25)16-4-7-20-21(12-16)34-26(27,35)33-20;2-1-3/h4-7,10-12,18,30-31H,8-9,13-14,35H2,1-3H3,(H,28,32);1H,(H,2,3). The van der Waals surface area contributed by atoms with Gasteiger partial charge in [-0.3, -0.25) is 9.59 Å². The van der Waals surface area contributed by atoms with Gasteiger partial charge in [-0.25, -0.2) is 0 Å². The van der Waals surface area contributed by atoms with E-state index in [9.17, 15) is 19.4 Å². The summed E-state index contributed by atoms with van der Waals surface area (Å²) in [5.41, 5.74) is 2.51. The van der Waals surface area contributed by atoms with Crippen molar-refractivity contribution in [3.8, 4) is 11.5 Å². The highest BCUT2D eigenvalue weighted by Crippen LogP contribution is 2.52. The summed E-state index contributed by atoms with van der Waals surface area (Å²) in [5, 5.41) is 30.3. The van der Waals surface area contributed by atoms with Crippen molar-refractivity contribution in [2.45, 2.75) is 62.9 Å². The number of carboxylic acid groups (broad SMARTS) is 1. The molecular weight excluding hydrogens is 514 g/mol. The molecule has 4 N–H and O–H groups in total. The molecule has 1 amide bonds. The zero-order valence-corrected chi connectivity index (χ0v) is 22.6. The summed E-state index contributed by atoms with van der Waals surface area (Å²) in [4.78, 5) is 21.7. The predicted molar refractivity (Wildman–Crippen MR) is 143 cm³/mol. The smallest absolute Gasteiger partial charge is 0.418 e. The molecule has 0 saturated heterocycles. The number of halogens is 1. The summed E-state index contributed by atoms with van der Waals surface area (Å²) >= 11 is 0. The van der Waals surface area contributed by atoms with Crippen LogP contribution in [0.2, 0.25) is 0 Å². The Labute approximate surface area is 221 Å². The van der Waals surface area contributed by atoms with Gasteiger partial charge in [0.2, 0.25) is 5.91 Å². The van der Waals surface area contributed by atoms with E-state index < -0.39 is 17.3 Å². The predicted octanol–water partition coefficient (Wildman–Crippen LogP) is 3.89. The topological polar surface area (TPSA) is 130 Å². The van der Waals surface area contributed by atoms with Crippen molar-refractivity contribution in [2.75, 3.05) is 11.9 Å². The van der Waals surface area contributed by atoms with Crippen molar-refractivity contribution in [1.82, 2.24) is 4.57 Å². The van der Waals surface area contributed by atoms with Crippen LogP contribution < -0.4 is 14.8 Å². The van der Waals surface area contributed by atoms with Crippen LogP contribution in [0.5, 0.6) is 11.5 Å². The molecule has 9 nitrogen and oxygen atoms in total. The van der Waals surface area contributed by atoms with Crippen LogP contribution in [0.1, 0.15) is 44.9 Å². The number of nitrogens with one attached hydrogen (secondary N) is 1. The molecule has 1 aliphatic heterocycles. The number of hydrogen-bond acceptors (Lipinski definition) is 6. The fourth-order valence-electron chi connectivity index (χ4n) is 4.75. The Morgan fingerprint density at radius 2 is 1.84 bits per heavy atom. The van der Waals surface area contributed by atoms with Gasteiger partial charge in [-0.05, 0) is 64.0 Å². The third kappa shape index (κ3) is 5.48. The molecule has 3 unspecified atom stereocenters. The molecule has 1 saturated carbocycles. The second-order valence-electron chi connectivity index (χ2n) is 10.6. The Hall–Kier alpha value is -3.20. The van der Waals surface area contributed by atoms with E-state index in [1.807, 2.05) is 32.0 Å². The number of fused-ring (bicyclic) bond motifs is 2. The first-order chi connectivity index (χ1) is 17.8. The number of anilines is 1. The lowest BCUT2D eigenvalue weighted by Crippen LogP contribution is -2.27. The fourth-order valence-corrected chi connectivity index (χ4v) is 5.00. The molecule has 2 heterocycles. The van der Waals surface area contributed by atoms with E-state index in [0.29, 0.717) is 24.3 Å². The molecule has 1 aliphatic carbocycles. The van der Waals surface area contributed by atoms with Crippen molar-refractivity contribution in [3.05, 3.63) is 53.7 Å². The molecular formula is C27H32FN2O7P. The van der Waals surface area contributed by atoms with E-state index in [1.165, 1.54) is 0 Å². The van der Waals surface area contributed by atoms with Gasteiger partial charge in [-0.15, -0.1) is 0 Å². The maximum atomic E-state index is 14.0. The van der Waals surface area contributed by atoms with Crippen LogP contribution in [0.15, 0.2) is 42.5 Å². The van der Waals surface area contributed by atoms with Crippen LogP contribution in [0, 0.1) is 0 Å². The largest absolute Gasteiger partial charge is 0.483 e. The lowest BCUT2D eigenvalue weighted by Gasteiger charge is -2.23. The van der Waals surface area contributed by atoms with Crippen molar-refractivity contribution in [2.24, 2.45) is 0 Å². The molecule has 0 bridgehead atoms. The van der Waals surface area contributed by atoms with E-state index in [2.05, 4.69) is 32.2 Å². The van der Waals surface area contributed by atoms with Gasteiger partial charge in [0, 0.05) is 27.7 Å². The van der Waals surface area contributed by atoms with E-state index in [4.69, 9.17) is 19.4 Å². The number of aliphatic hydroxyl groups is 2. The summed E-state index contributed by atoms with van der Waals surface area (Å²) in [6.07, 6.45) is 0.508. The van der Waals surface area contributed by atoms with Crippen LogP contribution >= 0.6 is 9.24 Å². The minimum absolute atomic E-state index is 0.126. The number of nitrogens with zero attached hydrogens (tertiary/aromatic N) is 1. The monoisotopic (exact) mass is 546 g/mol. The molecule has 5 rings (SSSR count). The maximum absolute atomic E-state index is 14.0. The van der Waals surface area contributed by atoms with Gasteiger partial charge in [0.1, 0.15) is 0 Å². The van der Waals surface area contributed by atoms with Crippen LogP contribution in [0.25, 0.3) is 10.9 Å². The molecule has 11 heteroatoms. The summed E-state index contributed by atoms with van der Waals surface area (Å²) < 4.78 is 26.3. The van der Waals surface area contributed by atoms with Crippen LogP contribution in [-0.4, -0.2) is 50.8 Å². The Bertz CT molecular complexity index is 1360. The normalized spacial score (nSPS) is 19.9. The first-order valence-corrected chi connectivity index (χ1v) is 12.7. The van der Waals surface area contributed by atoms with E-state index in [1.54, 1.807) is 18.2 Å². The van der Waals surface area contributed by atoms with Crippen molar-refractivity contribution in [1.29, 1.82) is 0 Å². The van der Waals surface area contributed by atoms with Gasteiger partial charge in [-0.1, -0.05) is 26.8 Å². The zero-order valence-electron chi connectivity index (χ0n) is 21.4. The minimum Gasteiger partial charge on any atom is -0.483 e. The van der Waals surface area contributed by atoms with Crippen LogP contribution in [0.3, 0.4) is 0 Å². The Morgan fingerprint density at radius 3 is 2.45 bits per heavy atom. The molecule has 1 fully saturated rings. The number of aliphatic hydroxyl groups excluding tert-OH is 2. The highest BCUT2D eigenvalue weighted by Gasteiger charge is 2.52. The summed E-state index contributed by atoms with van der Waals surface area (Å²) in [6.45, 7) is 6.00. The number of carbonyl (C=O) groups excluding carboxylic acids is 1. The highest BCUT2D eigenvalue weighted by molar-refractivity contribution is 7.18. The number of hydrogen-bond donors (Lipinski definition) is 4. The Morgan fingerprint density at radius 1 is 1.18 bits per heavy atom. The summed E-state index contributed by atoms with van der Waals surface area (Å²) in [5.74, 6) is -1.83. The minimum atomic E-state index is -2.29. The first kappa shape index (κ1) is 27.8. The Kier molecular flexibility index (Phi) is 7.45. The quantitative estimate of drug-likeness (QED) is 0.273. The lowest BCUT2D eigenvalue weighted by molar-refractivity contribution is -0.123. The number of alkyl halides is 1. The lowest BCUT2D eigenvalue weighted by atomic mass is 9.92. The van der Waals surface area contributed by atoms with Crippen LogP contribution in [0.4, 0.5) is 10.1 Å². The molecule has 0 radical (unpaired) electrons. The number of carbonyl (C=O) groups is 2. The number of amides is 1. The number of benzene rings is 2. The number of aromatic nitrogens is 1. The summed E-state index contributed by atoms with van der Waals surface area (Å²) in [7, 11) is 1.88. The van der Waals surface area contributed by atoms with E-state index >= 15 is 0 Å². The number of rotatable bonds is 6. The molecule has 3 atom stereocenters. The molecule has 3 aromatic rings. The summed E-state index contributed by atoms with van der Waals surface area (Å²) in [6, 6.07) is 12.8. The second-order valence-corrected chi connectivity index (χ2v) is 11.3. The average molecular weight is 547 g/mol. The molecule has 204 valence electrons. The number of ether oxygens (including phenoxy) is 2.